The summed E-state index contributed by atoms with van der Waals surface area (Å²) in [6, 6.07) is 10.5. The number of benzene rings is 1. The standard InChI is InChI=1S/C19H29N3O2/c1-19(2)16(15-9-12-24-17(15)19)21-18(23)20-10-11-22(3)13-14-7-5-4-6-8-14/h4-8,15-17H,9-13H2,1-3H3,(H2,20,21,23)/t15-,16-,17-/m1/s1. The van der Waals surface area contributed by atoms with Crippen LogP contribution in [0.25, 0.3) is 0 Å². The number of amides is 2. The van der Waals surface area contributed by atoms with Crippen LogP contribution in [0.15, 0.2) is 30.3 Å². The van der Waals surface area contributed by atoms with Gasteiger partial charge in [-0.3, -0.25) is 0 Å². The predicted octanol–water partition coefficient (Wildman–Crippen LogP) is 2.23. The molecular weight excluding hydrogens is 302 g/mol. The number of ether oxygens (including phenoxy) is 1. The van der Waals surface area contributed by atoms with Crippen molar-refractivity contribution >= 4 is 6.03 Å². The van der Waals surface area contributed by atoms with E-state index in [1.165, 1.54) is 5.56 Å². The van der Waals surface area contributed by atoms with Crippen molar-refractivity contribution in [3.63, 3.8) is 0 Å². The smallest absolute Gasteiger partial charge is 0.315 e. The first-order valence-electron chi connectivity index (χ1n) is 8.87. The van der Waals surface area contributed by atoms with E-state index in [0.717, 1.165) is 26.1 Å². The SMILES string of the molecule is CN(CCNC(=O)N[C@@H]1[C@H]2CCO[C@H]2C1(C)C)Cc1ccccc1. The fourth-order valence-corrected chi connectivity index (χ4v) is 4.14. The van der Waals surface area contributed by atoms with E-state index >= 15 is 0 Å². The maximum absolute atomic E-state index is 12.2. The average molecular weight is 331 g/mol. The Labute approximate surface area is 144 Å². The fourth-order valence-electron chi connectivity index (χ4n) is 4.14. The first-order valence-corrected chi connectivity index (χ1v) is 8.87. The molecule has 1 aromatic rings. The molecular formula is C19H29N3O2. The van der Waals surface area contributed by atoms with Gasteiger partial charge in [-0.15, -0.1) is 0 Å². The van der Waals surface area contributed by atoms with Crippen LogP contribution in [0.5, 0.6) is 0 Å². The van der Waals surface area contributed by atoms with Gasteiger partial charge in [0.2, 0.25) is 0 Å². The van der Waals surface area contributed by atoms with E-state index in [1.54, 1.807) is 0 Å². The highest BCUT2D eigenvalue weighted by molar-refractivity contribution is 5.74. The summed E-state index contributed by atoms with van der Waals surface area (Å²) in [5.74, 6) is 0.478. The Morgan fingerprint density at radius 1 is 1.33 bits per heavy atom. The zero-order valence-corrected chi connectivity index (χ0v) is 14.9. The molecule has 3 atom stereocenters. The van der Waals surface area contributed by atoms with Crippen LogP contribution in [0.2, 0.25) is 0 Å². The minimum Gasteiger partial charge on any atom is -0.377 e. The van der Waals surface area contributed by atoms with Crippen molar-refractivity contribution in [3.05, 3.63) is 35.9 Å². The Balaban J connectivity index is 1.37. The van der Waals surface area contributed by atoms with Crippen molar-refractivity contribution in [2.24, 2.45) is 11.3 Å². The number of hydrogen-bond donors (Lipinski definition) is 2. The number of carbonyl (C=O) groups is 1. The molecule has 0 bridgehead atoms. The van der Waals surface area contributed by atoms with E-state index in [1.807, 2.05) is 6.07 Å². The molecule has 1 aromatic carbocycles. The van der Waals surface area contributed by atoms with Gasteiger partial charge < -0.3 is 20.3 Å². The molecule has 0 unspecified atom stereocenters. The highest BCUT2D eigenvalue weighted by Crippen LogP contribution is 2.51. The number of carbonyl (C=O) groups excluding carboxylic acids is 1. The maximum atomic E-state index is 12.2. The monoisotopic (exact) mass is 331 g/mol. The summed E-state index contributed by atoms with van der Waals surface area (Å²) in [4.78, 5) is 14.4. The van der Waals surface area contributed by atoms with E-state index in [-0.39, 0.29) is 17.5 Å². The molecule has 2 N–H and O–H groups in total. The van der Waals surface area contributed by atoms with E-state index in [2.05, 4.69) is 60.7 Å². The molecule has 1 aliphatic carbocycles. The summed E-state index contributed by atoms with van der Waals surface area (Å²) in [7, 11) is 2.07. The summed E-state index contributed by atoms with van der Waals surface area (Å²) in [5.41, 5.74) is 1.32. The minimum absolute atomic E-state index is 0.0304. The largest absolute Gasteiger partial charge is 0.377 e. The molecule has 5 nitrogen and oxygen atoms in total. The third-order valence-corrected chi connectivity index (χ3v) is 5.46. The van der Waals surface area contributed by atoms with Crippen LogP contribution in [-0.4, -0.2) is 49.8 Å². The lowest BCUT2D eigenvalue weighted by atomic mass is 9.57. The second kappa shape index (κ2) is 7.11. The van der Waals surface area contributed by atoms with Crippen molar-refractivity contribution in [2.75, 3.05) is 26.7 Å². The lowest BCUT2D eigenvalue weighted by Gasteiger charge is -2.54. The number of urea groups is 1. The second-order valence-corrected chi connectivity index (χ2v) is 7.67. The van der Waals surface area contributed by atoms with Gasteiger partial charge >= 0.3 is 6.03 Å². The molecule has 132 valence electrons. The maximum Gasteiger partial charge on any atom is 0.315 e. The van der Waals surface area contributed by atoms with Gasteiger partial charge in [0.05, 0.1) is 6.10 Å². The first kappa shape index (κ1) is 17.2. The molecule has 1 saturated heterocycles. The average Bonchev–Trinajstić information content (AvgIpc) is 3.01. The Kier molecular flexibility index (Phi) is 5.11. The first-order chi connectivity index (χ1) is 11.5. The summed E-state index contributed by atoms with van der Waals surface area (Å²) in [5, 5.41) is 6.14. The molecule has 2 amide bonds. The second-order valence-electron chi connectivity index (χ2n) is 7.67. The number of likely N-dealkylation sites (N-methyl/N-ethyl adjacent to an activating group) is 1. The van der Waals surface area contributed by atoms with Crippen LogP contribution in [0, 0.1) is 11.3 Å². The van der Waals surface area contributed by atoms with Gasteiger partial charge in [-0.25, -0.2) is 4.79 Å². The minimum atomic E-state index is -0.0634. The van der Waals surface area contributed by atoms with Crippen LogP contribution in [0.1, 0.15) is 25.8 Å². The molecule has 1 heterocycles. The molecule has 3 rings (SSSR count). The zero-order valence-electron chi connectivity index (χ0n) is 14.9. The topological polar surface area (TPSA) is 53.6 Å². The Hall–Kier alpha value is -1.59. The molecule has 1 saturated carbocycles. The third kappa shape index (κ3) is 3.57. The number of hydrogen-bond acceptors (Lipinski definition) is 3. The highest BCUT2D eigenvalue weighted by Gasteiger charge is 2.59. The highest BCUT2D eigenvalue weighted by atomic mass is 16.5. The van der Waals surface area contributed by atoms with E-state index in [4.69, 9.17) is 4.74 Å². The van der Waals surface area contributed by atoms with Gasteiger partial charge in [-0.05, 0) is 19.0 Å². The Bertz CT molecular complexity index is 561. The van der Waals surface area contributed by atoms with Crippen LogP contribution >= 0.6 is 0 Å². The molecule has 2 fully saturated rings. The van der Waals surface area contributed by atoms with Crippen molar-refractivity contribution < 1.29 is 9.53 Å². The van der Waals surface area contributed by atoms with Crippen molar-refractivity contribution in [2.45, 2.75) is 39.0 Å². The van der Waals surface area contributed by atoms with Gasteiger partial charge in [0.25, 0.3) is 0 Å². The van der Waals surface area contributed by atoms with Crippen molar-refractivity contribution in [1.29, 1.82) is 0 Å². The Morgan fingerprint density at radius 3 is 2.83 bits per heavy atom. The zero-order chi connectivity index (χ0) is 17.2. The van der Waals surface area contributed by atoms with Crippen molar-refractivity contribution in [3.8, 4) is 0 Å². The van der Waals surface area contributed by atoms with E-state index in [0.29, 0.717) is 18.6 Å². The number of nitrogens with zero attached hydrogens (tertiary/aromatic N) is 1. The molecule has 0 spiro atoms. The van der Waals surface area contributed by atoms with Gasteiger partial charge in [0.1, 0.15) is 0 Å². The van der Waals surface area contributed by atoms with Crippen molar-refractivity contribution in [1.82, 2.24) is 15.5 Å². The van der Waals surface area contributed by atoms with Gasteiger partial charge in [0, 0.05) is 43.6 Å². The number of nitrogens with one attached hydrogen (secondary N) is 2. The lowest BCUT2D eigenvalue weighted by molar-refractivity contribution is -0.108. The number of rotatable bonds is 6. The fraction of sp³-hybridized carbons (Fsp3) is 0.632. The van der Waals surface area contributed by atoms with Crippen LogP contribution in [-0.2, 0) is 11.3 Å². The third-order valence-electron chi connectivity index (χ3n) is 5.46. The molecule has 5 heteroatoms. The number of fused-ring (bicyclic) bond motifs is 1. The lowest BCUT2D eigenvalue weighted by Crippen LogP contribution is -2.67. The van der Waals surface area contributed by atoms with E-state index in [9.17, 15) is 4.79 Å². The predicted molar refractivity (Wildman–Crippen MR) is 94.7 cm³/mol. The van der Waals surface area contributed by atoms with Gasteiger partial charge in [-0.1, -0.05) is 44.2 Å². The van der Waals surface area contributed by atoms with E-state index < -0.39 is 0 Å². The normalized spacial score (nSPS) is 27.4. The summed E-state index contributed by atoms with van der Waals surface area (Å²) in [6.45, 7) is 7.54. The van der Waals surface area contributed by atoms with Gasteiger partial charge in [0.15, 0.2) is 0 Å². The van der Waals surface area contributed by atoms with Gasteiger partial charge in [-0.2, -0.15) is 0 Å². The molecule has 1 aliphatic heterocycles. The van der Waals surface area contributed by atoms with Crippen LogP contribution in [0.4, 0.5) is 4.79 Å². The molecule has 0 aromatic heterocycles. The van der Waals surface area contributed by atoms with Crippen LogP contribution in [0.3, 0.4) is 0 Å². The molecule has 0 radical (unpaired) electrons. The summed E-state index contributed by atoms with van der Waals surface area (Å²) < 4.78 is 5.77. The quantitative estimate of drug-likeness (QED) is 0.840. The molecule has 2 aliphatic rings. The summed E-state index contributed by atoms with van der Waals surface area (Å²) in [6.07, 6.45) is 1.36. The Morgan fingerprint density at radius 2 is 2.08 bits per heavy atom. The summed E-state index contributed by atoms with van der Waals surface area (Å²) >= 11 is 0. The van der Waals surface area contributed by atoms with Crippen LogP contribution < -0.4 is 10.6 Å². The molecule has 24 heavy (non-hydrogen) atoms.